The molecule has 1 aromatic heterocycles. The van der Waals surface area contributed by atoms with E-state index in [9.17, 15) is 0 Å². The first-order valence-corrected chi connectivity index (χ1v) is 11.0. The molecule has 2 unspecified atom stereocenters. The summed E-state index contributed by atoms with van der Waals surface area (Å²) in [6, 6.07) is 11.1. The van der Waals surface area contributed by atoms with E-state index in [4.69, 9.17) is 25.2 Å². The standard InChI is InChI=1S/C24H29N5O2/c1-30-13-14-31-19-6-7-21-20(15-19)26-16-29(21)23-8-5-17-3-2-4-22(24(17)27-23)28-11-9-18(25)10-12-28/h2-8,15-16,18,20-21H,9-14,25H2,1H3. The number of hydrogen-bond acceptors (Lipinski definition) is 7. The van der Waals surface area contributed by atoms with Gasteiger partial charge in [0, 0.05) is 31.6 Å². The first-order chi connectivity index (χ1) is 15.2. The van der Waals surface area contributed by atoms with Gasteiger partial charge in [-0.3, -0.25) is 4.99 Å². The van der Waals surface area contributed by atoms with Crippen LogP contribution < -0.4 is 15.5 Å². The number of rotatable bonds is 6. The molecule has 0 saturated carbocycles. The molecule has 2 atom stereocenters. The van der Waals surface area contributed by atoms with E-state index in [0.717, 1.165) is 48.4 Å². The lowest BCUT2D eigenvalue weighted by molar-refractivity contribution is 0.113. The molecule has 162 valence electrons. The van der Waals surface area contributed by atoms with Crippen LogP contribution in [-0.4, -0.2) is 62.9 Å². The highest BCUT2D eigenvalue weighted by Crippen LogP contribution is 2.32. The van der Waals surface area contributed by atoms with Crippen LogP contribution in [0.25, 0.3) is 10.9 Å². The van der Waals surface area contributed by atoms with Gasteiger partial charge in [-0.15, -0.1) is 0 Å². The Morgan fingerprint density at radius 3 is 2.84 bits per heavy atom. The number of fused-ring (bicyclic) bond motifs is 2. The zero-order valence-corrected chi connectivity index (χ0v) is 17.9. The molecule has 2 aromatic rings. The second-order valence-corrected chi connectivity index (χ2v) is 8.27. The summed E-state index contributed by atoms with van der Waals surface area (Å²) in [7, 11) is 1.67. The van der Waals surface area contributed by atoms with Crippen molar-refractivity contribution < 1.29 is 9.47 Å². The Bertz CT molecular complexity index is 1030. The highest BCUT2D eigenvalue weighted by Gasteiger charge is 2.32. The summed E-state index contributed by atoms with van der Waals surface area (Å²) in [4.78, 5) is 14.3. The molecule has 7 nitrogen and oxygen atoms in total. The Morgan fingerprint density at radius 2 is 2.00 bits per heavy atom. The third-order valence-electron chi connectivity index (χ3n) is 6.21. The van der Waals surface area contributed by atoms with Gasteiger partial charge in [0.25, 0.3) is 0 Å². The molecule has 0 bridgehead atoms. The topological polar surface area (TPSA) is 76.2 Å². The second-order valence-electron chi connectivity index (χ2n) is 8.27. The SMILES string of the molecule is COCCOC1=CC2N=CN(c3ccc4cccc(N5CCC(N)CC5)c4n3)C2C=C1. The number of aliphatic imine (C=N–C) groups is 1. The average Bonchev–Trinajstić information content (AvgIpc) is 3.22. The lowest BCUT2D eigenvalue weighted by atomic mass is 10.0. The van der Waals surface area contributed by atoms with E-state index in [0.29, 0.717) is 19.3 Å². The number of allylic oxidation sites excluding steroid dienone is 1. The molecule has 3 aliphatic rings. The third kappa shape index (κ3) is 4.03. The Labute approximate surface area is 182 Å². The summed E-state index contributed by atoms with van der Waals surface area (Å²) in [6.45, 7) is 3.05. The number of piperidine rings is 1. The van der Waals surface area contributed by atoms with E-state index < -0.39 is 0 Å². The van der Waals surface area contributed by atoms with Gasteiger partial charge < -0.3 is 25.0 Å². The van der Waals surface area contributed by atoms with Crippen molar-refractivity contribution in [3.63, 3.8) is 0 Å². The van der Waals surface area contributed by atoms with Crippen LogP contribution in [0.2, 0.25) is 0 Å². The van der Waals surface area contributed by atoms with E-state index in [1.54, 1.807) is 7.11 Å². The zero-order valence-electron chi connectivity index (χ0n) is 17.9. The van der Waals surface area contributed by atoms with E-state index in [1.165, 1.54) is 5.69 Å². The molecule has 1 saturated heterocycles. The number of methoxy groups -OCH3 is 1. The Morgan fingerprint density at radius 1 is 1.13 bits per heavy atom. The highest BCUT2D eigenvalue weighted by molar-refractivity contribution is 5.94. The van der Waals surface area contributed by atoms with E-state index in [-0.39, 0.29) is 12.1 Å². The predicted molar refractivity (Wildman–Crippen MR) is 125 cm³/mol. The van der Waals surface area contributed by atoms with Crippen molar-refractivity contribution in [3.05, 3.63) is 54.3 Å². The van der Waals surface area contributed by atoms with Crippen molar-refractivity contribution in [2.45, 2.75) is 31.0 Å². The maximum atomic E-state index is 6.11. The van der Waals surface area contributed by atoms with Gasteiger partial charge in [0.1, 0.15) is 18.2 Å². The summed E-state index contributed by atoms with van der Waals surface area (Å²) < 4.78 is 10.8. The van der Waals surface area contributed by atoms with E-state index in [1.807, 2.05) is 12.4 Å². The predicted octanol–water partition coefficient (Wildman–Crippen LogP) is 2.86. The summed E-state index contributed by atoms with van der Waals surface area (Å²) >= 11 is 0. The molecule has 0 spiro atoms. The third-order valence-corrected chi connectivity index (χ3v) is 6.21. The van der Waals surface area contributed by atoms with Gasteiger partial charge in [0.2, 0.25) is 0 Å². The van der Waals surface area contributed by atoms with Crippen LogP contribution >= 0.6 is 0 Å². The molecule has 3 heterocycles. The minimum Gasteiger partial charge on any atom is -0.491 e. The maximum absolute atomic E-state index is 6.11. The van der Waals surface area contributed by atoms with Crippen LogP contribution in [0.3, 0.4) is 0 Å². The van der Waals surface area contributed by atoms with Gasteiger partial charge in [-0.05, 0) is 43.2 Å². The number of para-hydroxylation sites is 1. The maximum Gasteiger partial charge on any atom is 0.135 e. The van der Waals surface area contributed by atoms with Crippen LogP contribution in [0.1, 0.15) is 12.8 Å². The number of benzene rings is 1. The fraction of sp³-hybridized carbons (Fsp3) is 0.417. The molecule has 5 rings (SSSR count). The minimum absolute atomic E-state index is 0.0267. The fourth-order valence-corrected chi connectivity index (χ4v) is 4.46. The lowest BCUT2D eigenvalue weighted by Crippen LogP contribution is -2.39. The summed E-state index contributed by atoms with van der Waals surface area (Å²) in [5, 5.41) is 1.15. The quantitative estimate of drug-likeness (QED) is 0.726. The highest BCUT2D eigenvalue weighted by atomic mass is 16.5. The second kappa shape index (κ2) is 8.69. The first-order valence-electron chi connectivity index (χ1n) is 11.0. The Hall–Kier alpha value is -2.90. The zero-order chi connectivity index (χ0) is 21.2. The molecule has 0 radical (unpaired) electrons. The monoisotopic (exact) mass is 419 g/mol. The number of anilines is 2. The number of pyridine rings is 1. The molecule has 0 amide bonds. The van der Waals surface area contributed by atoms with Crippen LogP contribution in [0.15, 0.2) is 59.3 Å². The van der Waals surface area contributed by atoms with E-state index in [2.05, 4.69) is 52.3 Å². The molecular weight excluding hydrogens is 390 g/mol. The number of hydrogen-bond donors (Lipinski definition) is 1. The van der Waals surface area contributed by atoms with Crippen molar-refractivity contribution in [1.82, 2.24) is 4.98 Å². The molecule has 1 aliphatic carbocycles. The summed E-state index contributed by atoms with van der Waals surface area (Å²) in [5.41, 5.74) is 8.33. The van der Waals surface area contributed by atoms with Crippen molar-refractivity contribution in [3.8, 4) is 0 Å². The molecule has 2 aliphatic heterocycles. The van der Waals surface area contributed by atoms with Crippen molar-refractivity contribution in [2.75, 3.05) is 43.2 Å². The van der Waals surface area contributed by atoms with Gasteiger partial charge in [0.15, 0.2) is 0 Å². The van der Waals surface area contributed by atoms with Crippen LogP contribution in [-0.2, 0) is 9.47 Å². The van der Waals surface area contributed by atoms with Crippen LogP contribution in [0.5, 0.6) is 0 Å². The number of nitrogens with zero attached hydrogens (tertiary/aromatic N) is 4. The minimum atomic E-state index is 0.0267. The van der Waals surface area contributed by atoms with Gasteiger partial charge in [-0.1, -0.05) is 18.2 Å². The van der Waals surface area contributed by atoms with Crippen molar-refractivity contribution in [1.29, 1.82) is 0 Å². The molecular formula is C24H29N5O2. The largest absolute Gasteiger partial charge is 0.491 e. The van der Waals surface area contributed by atoms with Crippen LogP contribution in [0, 0.1) is 0 Å². The van der Waals surface area contributed by atoms with Gasteiger partial charge in [0.05, 0.1) is 36.2 Å². The molecule has 1 aromatic carbocycles. The molecule has 1 fully saturated rings. The smallest absolute Gasteiger partial charge is 0.135 e. The number of aromatic nitrogens is 1. The Kier molecular flexibility index (Phi) is 5.61. The lowest BCUT2D eigenvalue weighted by Gasteiger charge is -2.32. The summed E-state index contributed by atoms with van der Waals surface area (Å²) in [6.07, 6.45) is 10.2. The molecule has 31 heavy (non-hydrogen) atoms. The van der Waals surface area contributed by atoms with Crippen LogP contribution in [0.4, 0.5) is 11.5 Å². The van der Waals surface area contributed by atoms with Gasteiger partial charge in [-0.25, -0.2) is 4.98 Å². The van der Waals surface area contributed by atoms with Crippen molar-refractivity contribution in [2.24, 2.45) is 10.7 Å². The number of nitrogens with two attached hydrogens (primary N) is 1. The normalized spacial score (nSPS) is 23.4. The fourth-order valence-electron chi connectivity index (χ4n) is 4.46. The molecule has 2 N–H and O–H groups in total. The average molecular weight is 420 g/mol. The Balaban J connectivity index is 1.39. The van der Waals surface area contributed by atoms with Gasteiger partial charge >= 0.3 is 0 Å². The molecule has 7 heteroatoms. The first kappa shape index (κ1) is 20.0. The number of ether oxygens (including phenoxy) is 2. The summed E-state index contributed by atoms with van der Waals surface area (Å²) in [5.74, 6) is 1.75. The van der Waals surface area contributed by atoms with Gasteiger partial charge in [-0.2, -0.15) is 0 Å². The van der Waals surface area contributed by atoms with Crippen molar-refractivity contribution >= 4 is 28.7 Å². The van der Waals surface area contributed by atoms with E-state index >= 15 is 0 Å².